The molecule has 5 heteroatoms. The maximum Gasteiger partial charge on any atom is 0.225 e. The number of hydrogen-bond acceptors (Lipinski definition) is 2. The van der Waals surface area contributed by atoms with Crippen LogP contribution in [0, 0.1) is 17.7 Å². The highest BCUT2D eigenvalue weighted by molar-refractivity contribution is 5.85. The Morgan fingerprint density at radius 1 is 1.41 bits per heavy atom. The number of piperidine rings is 1. The maximum atomic E-state index is 13.7. The van der Waals surface area contributed by atoms with E-state index in [0.717, 1.165) is 25.9 Å². The Hall–Kier alpha value is -1.13. The molecule has 124 valence electrons. The molecule has 1 heterocycles. The summed E-state index contributed by atoms with van der Waals surface area (Å²) in [5, 5.41) is 0. The van der Waals surface area contributed by atoms with Gasteiger partial charge in [-0.1, -0.05) is 25.1 Å². The molecule has 2 N–H and O–H groups in total. The smallest absolute Gasteiger partial charge is 0.225 e. The fourth-order valence-corrected chi connectivity index (χ4v) is 3.03. The van der Waals surface area contributed by atoms with Gasteiger partial charge in [-0.2, -0.15) is 0 Å². The summed E-state index contributed by atoms with van der Waals surface area (Å²) in [6, 6.07) is 6.79. The van der Waals surface area contributed by atoms with Crippen LogP contribution in [0.5, 0.6) is 0 Å². The standard InChI is InChI=1S/C17H25FN2O.ClH/c1-12(10-14-6-3-4-8-16(14)18)17(21)20-9-5-7-15(11-20)13(2)19;/h3-4,6,8,12-13,15H,5,7,9-11,19H2,1-2H3;1H. The van der Waals surface area contributed by atoms with Crippen LogP contribution in [0.2, 0.25) is 0 Å². The van der Waals surface area contributed by atoms with Gasteiger partial charge in [0.2, 0.25) is 5.91 Å². The highest BCUT2D eigenvalue weighted by Gasteiger charge is 2.28. The van der Waals surface area contributed by atoms with Crippen LogP contribution in [-0.4, -0.2) is 29.9 Å². The zero-order chi connectivity index (χ0) is 15.4. The summed E-state index contributed by atoms with van der Waals surface area (Å²) in [7, 11) is 0. The van der Waals surface area contributed by atoms with Gasteiger partial charge in [-0.15, -0.1) is 12.4 Å². The summed E-state index contributed by atoms with van der Waals surface area (Å²) < 4.78 is 13.7. The minimum atomic E-state index is -0.232. The average molecular weight is 329 g/mol. The quantitative estimate of drug-likeness (QED) is 0.923. The van der Waals surface area contributed by atoms with Gasteiger partial charge in [0, 0.05) is 25.0 Å². The Morgan fingerprint density at radius 3 is 2.73 bits per heavy atom. The largest absolute Gasteiger partial charge is 0.342 e. The highest BCUT2D eigenvalue weighted by Crippen LogP contribution is 2.22. The number of amides is 1. The van der Waals surface area contributed by atoms with Crippen molar-refractivity contribution in [2.45, 2.75) is 39.2 Å². The van der Waals surface area contributed by atoms with Gasteiger partial charge in [0.25, 0.3) is 0 Å². The van der Waals surface area contributed by atoms with Crippen molar-refractivity contribution in [3.05, 3.63) is 35.6 Å². The number of likely N-dealkylation sites (tertiary alicyclic amines) is 1. The Morgan fingerprint density at radius 2 is 2.09 bits per heavy atom. The van der Waals surface area contributed by atoms with Crippen molar-refractivity contribution in [3.8, 4) is 0 Å². The molecular formula is C17H26ClFN2O. The number of nitrogens with two attached hydrogens (primary N) is 1. The average Bonchev–Trinajstić information content (AvgIpc) is 2.49. The number of carbonyl (C=O) groups is 1. The SMILES string of the molecule is CC(Cc1ccccc1F)C(=O)N1CCCC(C(C)N)C1.Cl. The van der Waals surface area contributed by atoms with Crippen LogP contribution in [-0.2, 0) is 11.2 Å². The van der Waals surface area contributed by atoms with E-state index in [-0.39, 0.29) is 36.1 Å². The van der Waals surface area contributed by atoms with E-state index >= 15 is 0 Å². The van der Waals surface area contributed by atoms with Crippen LogP contribution in [0.15, 0.2) is 24.3 Å². The molecule has 0 saturated carbocycles. The molecule has 2 rings (SSSR count). The number of benzene rings is 1. The minimum Gasteiger partial charge on any atom is -0.342 e. The van der Waals surface area contributed by atoms with Crippen molar-refractivity contribution >= 4 is 18.3 Å². The Balaban J connectivity index is 0.00000242. The lowest BCUT2D eigenvalue weighted by atomic mass is 9.90. The van der Waals surface area contributed by atoms with Gasteiger partial charge in [-0.05, 0) is 43.7 Å². The van der Waals surface area contributed by atoms with Crippen molar-refractivity contribution in [2.75, 3.05) is 13.1 Å². The zero-order valence-corrected chi connectivity index (χ0v) is 14.1. The molecule has 1 saturated heterocycles. The lowest BCUT2D eigenvalue weighted by Crippen LogP contribution is -2.46. The predicted octanol–water partition coefficient (Wildman–Crippen LogP) is 3.01. The van der Waals surface area contributed by atoms with Gasteiger partial charge < -0.3 is 10.6 Å². The molecule has 0 radical (unpaired) electrons. The monoisotopic (exact) mass is 328 g/mol. The molecule has 0 aliphatic carbocycles. The van der Waals surface area contributed by atoms with Gasteiger partial charge in [-0.25, -0.2) is 4.39 Å². The topological polar surface area (TPSA) is 46.3 Å². The van der Waals surface area contributed by atoms with E-state index in [1.165, 1.54) is 6.07 Å². The van der Waals surface area contributed by atoms with Gasteiger partial charge in [0.1, 0.15) is 5.82 Å². The Labute approximate surface area is 138 Å². The van der Waals surface area contributed by atoms with Crippen LogP contribution >= 0.6 is 12.4 Å². The summed E-state index contributed by atoms with van der Waals surface area (Å²) in [4.78, 5) is 14.5. The van der Waals surface area contributed by atoms with Crippen molar-refractivity contribution in [1.82, 2.24) is 4.90 Å². The molecule has 3 atom stereocenters. The molecule has 3 unspecified atom stereocenters. The van der Waals surface area contributed by atoms with E-state index in [0.29, 0.717) is 17.9 Å². The zero-order valence-electron chi connectivity index (χ0n) is 13.3. The normalized spacial score (nSPS) is 20.9. The molecule has 0 bridgehead atoms. The van der Waals surface area contributed by atoms with Gasteiger partial charge in [-0.3, -0.25) is 4.79 Å². The number of nitrogens with zero attached hydrogens (tertiary/aromatic N) is 1. The molecule has 0 aromatic heterocycles. The molecule has 1 aromatic carbocycles. The van der Waals surface area contributed by atoms with E-state index < -0.39 is 0 Å². The molecule has 1 amide bonds. The fourth-order valence-electron chi connectivity index (χ4n) is 3.03. The van der Waals surface area contributed by atoms with Crippen molar-refractivity contribution in [1.29, 1.82) is 0 Å². The second-order valence-electron chi connectivity index (χ2n) is 6.24. The van der Waals surface area contributed by atoms with E-state index in [9.17, 15) is 9.18 Å². The van der Waals surface area contributed by atoms with E-state index in [2.05, 4.69) is 0 Å². The van der Waals surface area contributed by atoms with Crippen molar-refractivity contribution < 1.29 is 9.18 Å². The molecule has 1 aromatic rings. The summed E-state index contributed by atoms with van der Waals surface area (Å²) in [6.07, 6.45) is 2.54. The van der Waals surface area contributed by atoms with Gasteiger partial charge in [0.05, 0.1) is 0 Å². The third-order valence-electron chi connectivity index (χ3n) is 4.42. The first kappa shape index (κ1) is 18.9. The van der Waals surface area contributed by atoms with Crippen LogP contribution in [0.4, 0.5) is 4.39 Å². The van der Waals surface area contributed by atoms with Gasteiger partial charge >= 0.3 is 0 Å². The molecule has 1 aliphatic rings. The molecular weight excluding hydrogens is 303 g/mol. The molecule has 3 nitrogen and oxygen atoms in total. The first-order valence-electron chi connectivity index (χ1n) is 7.76. The number of hydrogen-bond donors (Lipinski definition) is 1. The van der Waals surface area contributed by atoms with E-state index in [1.807, 2.05) is 24.8 Å². The molecule has 0 spiro atoms. The highest BCUT2D eigenvalue weighted by atomic mass is 35.5. The summed E-state index contributed by atoms with van der Waals surface area (Å²) in [5.41, 5.74) is 6.57. The fraction of sp³-hybridized carbons (Fsp3) is 0.588. The van der Waals surface area contributed by atoms with Crippen LogP contribution in [0.3, 0.4) is 0 Å². The number of rotatable bonds is 4. The third-order valence-corrected chi connectivity index (χ3v) is 4.42. The predicted molar refractivity (Wildman–Crippen MR) is 89.5 cm³/mol. The summed E-state index contributed by atoms with van der Waals surface area (Å²) >= 11 is 0. The maximum absolute atomic E-state index is 13.7. The first-order chi connectivity index (χ1) is 9.99. The summed E-state index contributed by atoms with van der Waals surface area (Å²) in [5.74, 6) is 0.0601. The van der Waals surface area contributed by atoms with Crippen LogP contribution in [0.1, 0.15) is 32.3 Å². The molecule has 22 heavy (non-hydrogen) atoms. The lowest BCUT2D eigenvalue weighted by Gasteiger charge is -2.36. The van der Waals surface area contributed by atoms with Crippen LogP contribution < -0.4 is 5.73 Å². The van der Waals surface area contributed by atoms with E-state index in [1.54, 1.807) is 12.1 Å². The second kappa shape index (κ2) is 8.49. The lowest BCUT2D eigenvalue weighted by molar-refractivity contribution is -0.136. The van der Waals surface area contributed by atoms with E-state index in [4.69, 9.17) is 5.73 Å². The number of carbonyl (C=O) groups excluding carboxylic acids is 1. The molecule has 1 aliphatic heterocycles. The molecule has 1 fully saturated rings. The first-order valence-corrected chi connectivity index (χ1v) is 7.76. The third kappa shape index (κ3) is 4.68. The summed E-state index contributed by atoms with van der Waals surface area (Å²) in [6.45, 7) is 5.41. The number of halogens is 2. The van der Waals surface area contributed by atoms with Crippen molar-refractivity contribution in [3.63, 3.8) is 0 Å². The Bertz CT molecular complexity index is 495. The van der Waals surface area contributed by atoms with Crippen LogP contribution in [0.25, 0.3) is 0 Å². The Kier molecular flexibility index (Phi) is 7.30. The van der Waals surface area contributed by atoms with Gasteiger partial charge in [0.15, 0.2) is 0 Å². The second-order valence-corrected chi connectivity index (χ2v) is 6.24. The van der Waals surface area contributed by atoms with Crippen molar-refractivity contribution in [2.24, 2.45) is 17.6 Å². The minimum absolute atomic E-state index is 0.